The van der Waals surface area contributed by atoms with Gasteiger partial charge in [0, 0.05) is 6.61 Å². The van der Waals surface area contributed by atoms with Crippen LogP contribution in [0.4, 0.5) is 0 Å². The average Bonchev–Trinajstić information content (AvgIpc) is 2.22. The first-order valence-electron chi connectivity index (χ1n) is 4.80. The zero-order chi connectivity index (χ0) is 13.3. The number of ether oxygens (including phenoxy) is 1. The fourth-order valence-electron chi connectivity index (χ4n) is 0.842. The highest BCUT2D eigenvalue weighted by Crippen LogP contribution is 1.93. The minimum atomic E-state index is -0.265. The predicted molar refractivity (Wildman–Crippen MR) is 76.9 cm³/mol. The molecule has 0 aromatic carbocycles. The van der Waals surface area contributed by atoms with Crippen LogP contribution in [-0.2, 0) is 4.74 Å². The standard InChI is InChI=1S/C8H16N6OS2/c1-3-15-5(2)6(12-14-8(10)17)4-11-13-7(9)16/h4-5H,3H2,1-2H3,(H3,9,13,16)(H3,10,14,17)/b11-4-,12-6+. The average molecular weight is 276 g/mol. The number of nitrogens with two attached hydrogens (primary N) is 2. The van der Waals surface area contributed by atoms with Crippen molar-refractivity contribution in [3.8, 4) is 0 Å². The molecule has 0 saturated heterocycles. The molecule has 0 aliphatic rings. The lowest BCUT2D eigenvalue weighted by atomic mass is 10.2. The Bertz CT molecular complexity index is 330. The summed E-state index contributed by atoms with van der Waals surface area (Å²) in [6, 6.07) is 0. The highest BCUT2D eigenvalue weighted by molar-refractivity contribution is 7.80. The van der Waals surface area contributed by atoms with Crippen molar-refractivity contribution in [2.45, 2.75) is 20.0 Å². The Kier molecular flexibility index (Phi) is 8.11. The highest BCUT2D eigenvalue weighted by Gasteiger charge is 2.08. The van der Waals surface area contributed by atoms with E-state index in [1.54, 1.807) is 0 Å². The Hall–Kier alpha value is -1.32. The number of rotatable bonds is 6. The van der Waals surface area contributed by atoms with Gasteiger partial charge in [0.15, 0.2) is 10.2 Å². The third kappa shape index (κ3) is 8.48. The molecule has 0 fully saturated rings. The van der Waals surface area contributed by atoms with E-state index in [1.165, 1.54) is 6.21 Å². The Balaban J connectivity index is 4.60. The highest BCUT2D eigenvalue weighted by atomic mass is 32.1. The van der Waals surface area contributed by atoms with Crippen LogP contribution in [0.2, 0.25) is 0 Å². The molecule has 0 amide bonds. The molecule has 17 heavy (non-hydrogen) atoms. The van der Waals surface area contributed by atoms with Crippen LogP contribution >= 0.6 is 24.4 Å². The lowest BCUT2D eigenvalue weighted by Gasteiger charge is -2.11. The molecule has 1 unspecified atom stereocenters. The second-order valence-electron chi connectivity index (χ2n) is 2.84. The van der Waals surface area contributed by atoms with E-state index in [0.717, 1.165) is 0 Å². The molecular formula is C8H16N6OS2. The monoisotopic (exact) mass is 276 g/mol. The van der Waals surface area contributed by atoms with Crippen LogP contribution in [0.1, 0.15) is 13.8 Å². The van der Waals surface area contributed by atoms with Crippen molar-refractivity contribution < 1.29 is 4.74 Å². The summed E-state index contributed by atoms with van der Waals surface area (Å²) in [5, 5.41) is 7.84. The minimum absolute atomic E-state index is 0.0573. The van der Waals surface area contributed by atoms with Gasteiger partial charge in [-0.1, -0.05) is 0 Å². The SMILES string of the molecule is CCOC(C)C(/C=N\NC(N)=S)=N/NC(N)=S. The number of hydrogen-bond donors (Lipinski definition) is 4. The fraction of sp³-hybridized carbons (Fsp3) is 0.500. The van der Waals surface area contributed by atoms with Gasteiger partial charge in [-0.15, -0.1) is 0 Å². The quantitative estimate of drug-likeness (QED) is 0.292. The summed E-state index contributed by atoms with van der Waals surface area (Å²) in [4.78, 5) is 0. The first-order chi connectivity index (χ1) is 7.97. The van der Waals surface area contributed by atoms with Crippen LogP contribution in [0.15, 0.2) is 10.2 Å². The molecule has 96 valence electrons. The molecule has 0 aromatic heterocycles. The largest absolute Gasteiger partial charge is 0.375 e. The molecule has 6 N–H and O–H groups in total. The molecule has 0 rings (SSSR count). The number of thiocarbonyl (C=S) groups is 2. The molecule has 0 radical (unpaired) electrons. The smallest absolute Gasteiger partial charge is 0.184 e. The summed E-state index contributed by atoms with van der Waals surface area (Å²) in [5.74, 6) is 0. The molecule has 0 aliphatic carbocycles. The third-order valence-corrected chi connectivity index (χ3v) is 1.68. The van der Waals surface area contributed by atoms with Crippen molar-refractivity contribution in [3.63, 3.8) is 0 Å². The summed E-state index contributed by atoms with van der Waals surface area (Å²) in [6.07, 6.45) is 1.16. The van der Waals surface area contributed by atoms with Gasteiger partial charge in [0.25, 0.3) is 0 Å². The van der Waals surface area contributed by atoms with Gasteiger partial charge in [0.05, 0.1) is 6.21 Å². The number of nitrogens with one attached hydrogen (secondary N) is 2. The Morgan fingerprint density at radius 2 is 1.94 bits per heavy atom. The van der Waals surface area contributed by atoms with Crippen molar-refractivity contribution in [1.29, 1.82) is 0 Å². The predicted octanol–water partition coefficient (Wildman–Crippen LogP) is -0.580. The van der Waals surface area contributed by atoms with Gasteiger partial charge >= 0.3 is 0 Å². The fourth-order valence-corrected chi connectivity index (χ4v) is 0.940. The summed E-state index contributed by atoms with van der Waals surface area (Å²) in [7, 11) is 0. The first kappa shape index (κ1) is 15.7. The summed E-state index contributed by atoms with van der Waals surface area (Å²) >= 11 is 9.23. The second kappa shape index (κ2) is 8.79. The lowest BCUT2D eigenvalue weighted by molar-refractivity contribution is 0.123. The summed E-state index contributed by atoms with van der Waals surface area (Å²) < 4.78 is 5.36. The molecule has 0 aliphatic heterocycles. The van der Waals surface area contributed by atoms with Crippen molar-refractivity contribution in [3.05, 3.63) is 0 Å². The van der Waals surface area contributed by atoms with Gasteiger partial charge in [0.2, 0.25) is 0 Å². The Morgan fingerprint density at radius 3 is 2.41 bits per heavy atom. The molecule has 0 aromatic rings. The molecule has 0 spiro atoms. The van der Waals surface area contributed by atoms with E-state index < -0.39 is 0 Å². The van der Waals surface area contributed by atoms with E-state index in [4.69, 9.17) is 16.2 Å². The van der Waals surface area contributed by atoms with Crippen LogP contribution < -0.4 is 22.3 Å². The van der Waals surface area contributed by atoms with Gasteiger partial charge < -0.3 is 16.2 Å². The molecule has 0 saturated carbocycles. The van der Waals surface area contributed by atoms with E-state index >= 15 is 0 Å². The minimum Gasteiger partial charge on any atom is -0.375 e. The van der Waals surface area contributed by atoms with Crippen molar-refractivity contribution in [2.24, 2.45) is 21.7 Å². The molecular weight excluding hydrogens is 260 g/mol. The van der Waals surface area contributed by atoms with E-state index in [9.17, 15) is 0 Å². The second-order valence-corrected chi connectivity index (χ2v) is 3.72. The maximum Gasteiger partial charge on any atom is 0.184 e. The van der Waals surface area contributed by atoms with E-state index in [0.29, 0.717) is 12.3 Å². The Labute approximate surface area is 111 Å². The maximum atomic E-state index is 5.36. The van der Waals surface area contributed by atoms with Crippen LogP contribution in [0.5, 0.6) is 0 Å². The van der Waals surface area contributed by atoms with Crippen LogP contribution in [0, 0.1) is 0 Å². The lowest BCUT2D eigenvalue weighted by Crippen LogP contribution is -2.31. The third-order valence-electron chi connectivity index (χ3n) is 1.50. The van der Waals surface area contributed by atoms with E-state index in [2.05, 4.69) is 45.5 Å². The molecule has 0 bridgehead atoms. The molecule has 7 nitrogen and oxygen atoms in total. The van der Waals surface area contributed by atoms with Gasteiger partial charge in [0.1, 0.15) is 11.8 Å². The van der Waals surface area contributed by atoms with Crippen LogP contribution in [0.3, 0.4) is 0 Å². The topological polar surface area (TPSA) is 110 Å². The molecule has 0 heterocycles. The first-order valence-corrected chi connectivity index (χ1v) is 5.62. The van der Waals surface area contributed by atoms with Crippen LogP contribution in [0.25, 0.3) is 0 Å². The van der Waals surface area contributed by atoms with E-state index in [1.807, 2.05) is 13.8 Å². The number of hydrazone groups is 2. The number of hydrogen-bond acceptors (Lipinski definition) is 5. The summed E-state index contributed by atoms with van der Waals surface area (Å²) in [5.41, 5.74) is 15.8. The van der Waals surface area contributed by atoms with E-state index in [-0.39, 0.29) is 16.3 Å². The van der Waals surface area contributed by atoms with Crippen molar-refractivity contribution in [1.82, 2.24) is 10.9 Å². The van der Waals surface area contributed by atoms with Gasteiger partial charge in [-0.3, -0.25) is 10.9 Å². The zero-order valence-corrected chi connectivity index (χ0v) is 11.3. The maximum absolute atomic E-state index is 5.36. The zero-order valence-electron chi connectivity index (χ0n) is 9.64. The molecule has 9 heteroatoms. The van der Waals surface area contributed by atoms with Crippen molar-refractivity contribution in [2.75, 3.05) is 6.61 Å². The van der Waals surface area contributed by atoms with Gasteiger partial charge in [-0.05, 0) is 38.3 Å². The van der Waals surface area contributed by atoms with Crippen LogP contribution in [-0.4, -0.2) is 34.9 Å². The van der Waals surface area contributed by atoms with Gasteiger partial charge in [-0.2, -0.15) is 10.2 Å². The Morgan fingerprint density at radius 1 is 1.35 bits per heavy atom. The summed E-state index contributed by atoms with van der Waals surface area (Å²) in [6.45, 7) is 4.24. The van der Waals surface area contributed by atoms with Crippen molar-refractivity contribution >= 4 is 46.6 Å². The molecule has 1 atom stereocenters. The normalized spacial score (nSPS) is 13.4. The van der Waals surface area contributed by atoms with Gasteiger partial charge in [-0.25, -0.2) is 0 Å². The number of nitrogens with zero attached hydrogens (tertiary/aromatic N) is 2.